The van der Waals surface area contributed by atoms with Crippen molar-refractivity contribution in [3.8, 4) is 0 Å². The number of hydrogen-bond acceptors (Lipinski definition) is 6. The van der Waals surface area contributed by atoms with Gasteiger partial charge in [-0.2, -0.15) is 0 Å². The lowest BCUT2D eigenvalue weighted by Gasteiger charge is -2.22. The number of rotatable bonds is 8. The summed E-state index contributed by atoms with van der Waals surface area (Å²) in [7, 11) is 0. The van der Waals surface area contributed by atoms with Crippen LogP contribution in [0.1, 0.15) is 47.0 Å². The topological polar surface area (TPSA) is 93.2 Å². The van der Waals surface area contributed by atoms with Gasteiger partial charge in [-0.3, -0.25) is 9.59 Å². The van der Waals surface area contributed by atoms with Crippen molar-refractivity contribution in [3.05, 3.63) is 0 Å². The lowest BCUT2D eigenvalue weighted by atomic mass is 10.3. The molecule has 23 heavy (non-hydrogen) atoms. The van der Waals surface area contributed by atoms with Crippen LogP contribution >= 0.6 is 0 Å². The maximum Gasteiger partial charge on any atom is 0.416 e. The molecule has 0 heterocycles. The van der Waals surface area contributed by atoms with Crippen molar-refractivity contribution >= 4 is 24.0 Å². The maximum absolute atomic E-state index is 12.2. The first-order chi connectivity index (χ1) is 10.9. The molecule has 0 saturated carbocycles. The Labute approximate surface area is 136 Å². The van der Waals surface area contributed by atoms with Crippen LogP contribution in [0, 0.1) is 0 Å². The number of carbonyl (C=O) groups is 4. The summed E-state index contributed by atoms with van der Waals surface area (Å²) in [5, 5.41) is 0. The first kappa shape index (κ1) is 20.9. The molecule has 0 aromatic rings. The van der Waals surface area contributed by atoms with Crippen molar-refractivity contribution in [1.82, 2.24) is 9.80 Å². The normalized spacial score (nSPS) is 9.91. The number of imide groups is 2. The summed E-state index contributed by atoms with van der Waals surface area (Å²) in [5.41, 5.74) is 0. The summed E-state index contributed by atoms with van der Waals surface area (Å²) < 4.78 is 9.61. The van der Waals surface area contributed by atoms with E-state index in [4.69, 9.17) is 9.47 Å². The van der Waals surface area contributed by atoms with Crippen LogP contribution < -0.4 is 0 Å². The van der Waals surface area contributed by atoms with Crippen LogP contribution in [-0.2, 0) is 19.1 Å². The highest BCUT2D eigenvalue weighted by Crippen LogP contribution is 2.06. The molecule has 0 radical (unpaired) electrons. The molecule has 0 aliphatic rings. The number of hydrogen-bond donors (Lipinski definition) is 0. The average molecular weight is 330 g/mol. The summed E-state index contributed by atoms with van der Waals surface area (Å²) in [6.07, 6.45) is -1.09. The average Bonchev–Trinajstić information content (AvgIpc) is 2.50. The van der Waals surface area contributed by atoms with Crippen molar-refractivity contribution in [1.29, 1.82) is 0 Å². The molecule has 0 aliphatic heterocycles. The molecule has 0 spiro atoms. The van der Waals surface area contributed by atoms with Crippen molar-refractivity contribution in [2.75, 3.05) is 26.3 Å². The van der Waals surface area contributed by atoms with Gasteiger partial charge in [0.25, 0.3) is 0 Å². The fraction of sp³-hybridized carbons (Fsp3) is 0.733. The second-order valence-corrected chi connectivity index (χ2v) is 4.67. The summed E-state index contributed by atoms with van der Waals surface area (Å²) in [6.45, 7) is 7.40. The zero-order valence-corrected chi connectivity index (χ0v) is 14.3. The molecule has 0 unspecified atom stereocenters. The molecule has 0 N–H and O–H groups in total. The van der Waals surface area contributed by atoms with Crippen molar-refractivity contribution < 1.29 is 28.7 Å². The monoisotopic (exact) mass is 330 g/mol. The van der Waals surface area contributed by atoms with E-state index >= 15 is 0 Å². The minimum atomic E-state index is -0.787. The van der Waals surface area contributed by atoms with Gasteiger partial charge in [-0.25, -0.2) is 19.4 Å². The van der Waals surface area contributed by atoms with E-state index < -0.39 is 30.4 Å². The van der Waals surface area contributed by atoms with E-state index in [0.29, 0.717) is 12.8 Å². The van der Waals surface area contributed by atoms with E-state index in [1.807, 2.05) is 0 Å². The van der Waals surface area contributed by atoms with Gasteiger partial charge in [0.2, 0.25) is 11.8 Å². The molecular formula is C15H26N2O6. The molecule has 0 atom stereocenters. The fourth-order valence-corrected chi connectivity index (χ4v) is 1.81. The Bertz CT molecular complexity index is 386. The first-order valence-corrected chi connectivity index (χ1v) is 7.86. The summed E-state index contributed by atoms with van der Waals surface area (Å²) in [5.74, 6) is -1.39. The Balaban J connectivity index is 4.94. The molecule has 0 saturated heterocycles. The predicted octanol–water partition coefficient (Wildman–Crippen LogP) is 2.17. The van der Waals surface area contributed by atoms with Crippen LogP contribution in [0.4, 0.5) is 9.59 Å². The van der Waals surface area contributed by atoms with Gasteiger partial charge in [-0.15, -0.1) is 0 Å². The lowest BCUT2D eigenvalue weighted by Crippen LogP contribution is -2.43. The Morgan fingerprint density at radius 1 is 0.696 bits per heavy atom. The van der Waals surface area contributed by atoms with Gasteiger partial charge in [0.1, 0.15) is 6.42 Å². The third-order valence-corrected chi connectivity index (χ3v) is 2.78. The van der Waals surface area contributed by atoms with Gasteiger partial charge in [-0.05, 0) is 26.7 Å². The Hall–Kier alpha value is -2.12. The van der Waals surface area contributed by atoms with Crippen molar-refractivity contribution in [2.45, 2.75) is 47.0 Å². The summed E-state index contributed by atoms with van der Waals surface area (Å²) >= 11 is 0. The molecule has 8 nitrogen and oxygen atoms in total. The number of carbonyl (C=O) groups excluding carboxylic acids is 4. The third kappa shape index (κ3) is 7.12. The van der Waals surface area contributed by atoms with E-state index in [0.717, 1.165) is 9.80 Å². The molecule has 0 aliphatic carbocycles. The summed E-state index contributed by atoms with van der Waals surface area (Å²) in [6, 6.07) is 0. The standard InChI is InChI=1S/C15H26N2O6/c1-5-9-16(14(20)22-7-3)12(18)11-13(19)17(10-6-2)15(21)23-8-4/h5-11H2,1-4H3. The van der Waals surface area contributed by atoms with Gasteiger partial charge in [-0.1, -0.05) is 13.8 Å². The van der Waals surface area contributed by atoms with E-state index in [1.165, 1.54) is 0 Å². The molecule has 8 heteroatoms. The summed E-state index contributed by atoms with van der Waals surface area (Å²) in [4.78, 5) is 49.6. The molecule has 0 aromatic carbocycles. The zero-order valence-electron chi connectivity index (χ0n) is 14.3. The van der Waals surface area contributed by atoms with Crippen LogP contribution in [0.15, 0.2) is 0 Å². The van der Waals surface area contributed by atoms with Gasteiger partial charge in [0.05, 0.1) is 13.2 Å². The van der Waals surface area contributed by atoms with Crippen LogP contribution in [-0.4, -0.2) is 60.1 Å². The highest BCUT2D eigenvalue weighted by molar-refractivity contribution is 6.06. The molecule has 4 amide bonds. The largest absolute Gasteiger partial charge is 0.449 e. The zero-order chi connectivity index (χ0) is 17.8. The van der Waals surface area contributed by atoms with E-state index in [9.17, 15) is 19.2 Å². The second-order valence-electron chi connectivity index (χ2n) is 4.67. The Morgan fingerprint density at radius 2 is 1.04 bits per heavy atom. The third-order valence-electron chi connectivity index (χ3n) is 2.78. The predicted molar refractivity (Wildman–Crippen MR) is 82.7 cm³/mol. The van der Waals surface area contributed by atoms with Gasteiger partial charge in [0.15, 0.2) is 0 Å². The Morgan fingerprint density at radius 3 is 1.30 bits per heavy atom. The van der Waals surface area contributed by atoms with Crippen molar-refractivity contribution in [3.63, 3.8) is 0 Å². The van der Waals surface area contributed by atoms with E-state index in [1.54, 1.807) is 27.7 Å². The Kier molecular flexibility index (Phi) is 10.4. The van der Waals surface area contributed by atoms with Crippen LogP contribution in [0.3, 0.4) is 0 Å². The lowest BCUT2D eigenvalue weighted by molar-refractivity contribution is -0.138. The first-order valence-electron chi connectivity index (χ1n) is 7.86. The molecular weight excluding hydrogens is 304 g/mol. The van der Waals surface area contributed by atoms with Crippen LogP contribution in [0.25, 0.3) is 0 Å². The molecule has 0 fully saturated rings. The van der Waals surface area contributed by atoms with Crippen molar-refractivity contribution in [2.24, 2.45) is 0 Å². The molecule has 0 aromatic heterocycles. The van der Waals surface area contributed by atoms with Gasteiger partial charge < -0.3 is 9.47 Å². The highest BCUT2D eigenvalue weighted by atomic mass is 16.6. The smallest absolute Gasteiger partial charge is 0.416 e. The van der Waals surface area contributed by atoms with E-state index in [2.05, 4.69) is 0 Å². The number of ether oxygens (including phenoxy) is 2. The minimum absolute atomic E-state index is 0.130. The highest BCUT2D eigenvalue weighted by Gasteiger charge is 2.29. The molecule has 0 bridgehead atoms. The SMILES string of the molecule is CCCN(C(=O)CC(=O)N(CCC)C(=O)OCC)C(=O)OCC. The molecule has 0 rings (SSSR count). The van der Waals surface area contributed by atoms with Gasteiger partial charge in [0, 0.05) is 13.1 Å². The fourth-order valence-electron chi connectivity index (χ4n) is 1.81. The number of amides is 4. The van der Waals surface area contributed by atoms with Crippen LogP contribution in [0.2, 0.25) is 0 Å². The second kappa shape index (κ2) is 11.4. The molecule has 132 valence electrons. The number of nitrogens with zero attached hydrogens (tertiary/aromatic N) is 2. The van der Waals surface area contributed by atoms with Gasteiger partial charge >= 0.3 is 12.2 Å². The quantitative estimate of drug-likeness (QED) is 0.633. The van der Waals surface area contributed by atoms with Crippen LogP contribution in [0.5, 0.6) is 0 Å². The van der Waals surface area contributed by atoms with E-state index in [-0.39, 0.29) is 26.3 Å². The minimum Gasteiger partial charge on any atom is -0.449 e. The maximum atomic E-state index is 12.2.